The number of rotatable bonds is 3. The highest BCUT2D eigenvalue weighted by Crippen LogP contribution is 2.22. The standard InChI is InChI=1S/C12H18O2Si/c1-2-13-15(11-7-6-10-14-15)12-8-4-3-5-9-12/h3-5,8-9H,2,6-7,10-11H2,1H3. The molecule has 0 bridgehead atoms. The molecule has 3 heteroatoms. The van der Waals surface area contributed by atoms with E-state index in [9.17, 15) is 0 Å². The molecular formula is C12H18O2Si. The van der Waals surface area contributed by atoms with Crippen molar-refractivity contribution in [3.8, 4) is 0 Å². The highest BCUT2D eigenvalue weighted by Gasteiger charge is 2.41. The summed E-state index contributed by atoms with van der Waals surface area (Å²) in [5.41, 5.74) is 0. The van der Waals surface area contributed by atoms with Crippen molar-refractivity contribution in [2.75, 3.05) is 13.2 Å². The summed E-state index contributed by atoms with van der Waals surface area (Å²) in [7, 11) is -2.06. The minimum Gasteiger partial charge on any atom is -0.391 e. The topological polar surface area (TPSA) is 18.5 Å². The van der Waals surface area contributed by atoms with Crippen LogP contribution in [0.1, 0.15) is 19.8 Å². The lowest BCUT2D eigenvalue weighted by Crippen LogP contribution is -2.55. The van der Waals surface area contributed by atoms with Crippen LogP contribution in [0.15, 0.2) is 30.3 Å². The van der Waals surface area contributed by atoms with Crippen molar-refractivity contribution in [1.82, 2.24) is 0 Å². The van der Waals surface area contributed by atoms with Gasteiger partial charge in [0.1, 0.15) is 0 Å². The Labute approximate surface area is 92.5 Å². The summed E-state index contributed by atoms with van der Waals surface area (Å²) < 4.78 is 12.0. The third kappa shape index (κ3) is 2.30. The maximum Gasteiger partial charge on any atom is 0.372 e. The normalized spacial score (nSPS) is 26.5. The lowest BCUT2D eigenvalue weighted by atomic mass is 10.3. The Bertz CT molecular complexity index is 288. The van der Waals surface area contributed by atoms with Crippen LogP contribution in [0.5, 0.6) is 0 Å². The monoisotopic (exact) mass is 222 g/mol. The predicted molar refractivity (Wildman–Crippen MR) is 63.4 cm³/mol. The summed E-state index contributed by atoms with van der Waals surface area (Å²) >= 11 is 0. The molecule has 0 N–H and O–H groups in total. The first-order valence-electron chi connectivity index (χ1n) is 5.71. The molecule has 1 atom stereocenters. The van der Waals surface area contributed by atoms with Gasteiger partial charge in [-0.3, -0.25) is 0 Å². The van der Waals surface area contributed by atoms with E-state index in [0.29, 0.717) is 0 Å². The van der Waals surface area contributed by atoms with Crippen molar-refractivity contribution >= 4 is 13.7 Å². The highest BCUT2D eigenvalue weighted by atomic mass is 28.4. The van der Waals surface area contributed by atoms with Gasteiger partial charge >= 0.3 is 8.56 Å². The Hall–Kier alpha value is -0.643. The minimum atomic E-state index is -2.06. The van der Waals surface area contributed by atoms with Gasteiger partial charge in [0.25, 0.3) is 0 Å². The molecule has 0 amide bonds. The summed E-state index contributed by atoms with van der Waals surface area (Å²) in [4.78, 5) is 0. The highest BCUT2D eigenvalue weighted by molar-refractivity contribution is 6.81. The maximum absolute atomic E-state index is 6.01. The van der Waals surface area contributed by atoms with Gasteiger partial charge in [-0.05, 0) is 31.0 Å². The van der Waals surface area contributed by atoms with Crippen LogP contribution in [0.2, 0.25) is 6.04 Å². The average molecular weight is 222 g/mol. The van der Waals surface area contributed by atoms with Crippen LogP contribution in [0, 0.1) is 0 Å². The Balaban J connectivity index is 2.25. The Morgan fingerprint density at radius 3 is 2.67 bits per heavy atom. The molecule has 1 aliphatic rings. The van der Waals surface area contributed by atoms with Crippen molar-refractivity contribution < 1.29 is 8.85 Å². The zero-order valence-corrected chi connectivity index (χ0v) is 10.2. The van der Waals surface area contributed by atoms with Crippen LogP contribution in [-0.4, -0.2) is 21.8 Å². The Kier molecular flexibility index (Phi) is 3.56. The number of hydrogen-bond acceptors (Lipinski definition) is 2. The second-order valence-corrected chi connectivity index (χ2v) is 7.02. The summed E-state index contributed by atoms with van der Waals surface area (Å²) in [5, 5.41) is 1.28. The van der Waals surface area contributed by atoms with Crippen LogP contribution in [-0.2, 0) is 8.85 Å². The van der Waals surface area contributed by atoms with Gasteiger partial charge in [-0.15, -0.1) is 0 Å². The molecule has 0 aliphatic carbocycles. The van der Waals surface area contributed by atoms with Crippen LogP contribution >= 0.6 is 0 Å². The largest absolute Gasteiger partial charge is 0.391 e. The second kappa shape index (κ2) is 4.92. The van der Waals surface area contributed by atoms with E-state index in [-0.39, 0.29) is 0 Å². The van der Waals surface area contributed by atoms with Crippen LogP contribution < -0.4 is 5.19 Å². The molecule has 1 fully saturated rings. The molecule has 15 heavy (non-hydrogen) atoms. The first-order valence-corrected chi connectivity index (χ1v) is 7.73. The van der Waals surface area contributed by atoms with Crippen LogP contribution in [0.25, 0.3) is 0 Å². The maximum atomic E-state index is 6.01. The van der Waals surface area contributed by atoms with Crippen molar-refractivity contribution in [2.45, 2.75) is 25.8 Å². The molecular weight excluding hydrogens is 204 g/mol. The fourth-order valence-corrected chi connectivity index (χ4v) is 5.47. The molecule has 1 aromatic carbocycles. The quantitative estimate of drug-likeness (QED) is 0.730. The lowest BCUT2D eigenvalue weighted by Gasteiger charge is -2.34. The SMILES string of the molecule is CCO[Si]1(c2ccccc2)CCCCO1. The van der Waals surface area contributed by atoms with Crippen molar-refractivity contribution in [1.29, 1.82) is 0 Å². The lowest BCUT2D eigenvalue weighted by molar-refractivity contribution is 0.167. The van der Waals surface area contributed by atoms with E-state index in [4.69, 9.17) is 8.85 Å². The summed E-state index contributed by atoms with van der Waals surface area (Å²) in [5.74, 6) is 0. The Morgan fingerprint density at radius 2 is 2.07 bits per heavy atom. The van der Waals surface area contributed by atoms with Gasteiger partial charge < -0.3 is 8.85 Å². The molecule has 1 aromatic rings. The molecule has 0 saturated carbocycles. The zero-order chi connectivity index (χ0) is 10.6. The molecule has 2 nitrogen and oxygen atoms in total. The summed E-state index contributed by atoms with van der Waals surface area (Å²) in [6, 6.07) is 11.6. The summed E-state index contributed by atoms with van der Waals surface area (Å²) in [6.07, 6.45) is 2.41. The molecule has 2 rings (SSSR count). The van der Waals surface area contributed by atoms with E-state index in [0.717, 1.165) is 19.3 Å². The molecule has 0 aromatic heterocycles. The molecule has 82 valence electrons. The van der Waals surface area contributed by atoms with E-state index >= 15 is 0 Å². The first-order chi connectivity index (χ1) is 7.37. The van der Waals surface area contributed by atoms with E-state index in [1.54, 1.807) is 0 Å². The first kappa shape index (κ1) is 10.9. The van der Waals surface area contributed by atoms with Crippen molar-refractivity contribution in [3.63, 3.8) is 0 Å². The molecule has 0 spiro atoms. The second-order valence-electron chi connectivity index (χ2n) is 3.86. The van der Waals surface area contributed by atoms with E-state index in [1.807, 2.05) is 6.07 Å². The van der Waals surface area contributed by atoms with Crippen LogP contribution in [0.4, 0.5) is 0 Å². The van der Waals surface area contributed by atoms with E-state index in [1.165, 1.54) is 18.0 Å². The number of hydrogen-bond donors (Lipinski definition) is 0. The molecule has 1 heterocycles. The average Bonchev–Trinajstić information content (AvgIpc) is 2.32. The third-order valence-electron chi connectivity index (χ3n) is 2.83. The fraction of sp³-hybridized carbons (Fsp3) is 0.500. The summed E-state index contributed by atoms with van der Waals surface area (Å²) in [6.45, 7) is 3.66. The molecule has 1 saturated heterocycles. The minimum absolute atomic E-state index is 0.751. The van der Waals surface area contributed by atoms with Crippen molar-refractivity contribution in [3.05, 3.63) is 30.3 Å². The smallest absolute Gasteiger partial charge is 0.372 e. The van der Waals surface area contributed by atoms with Gasteiger partial charge in [-0.25, -0.2) is 0 Å². The van der Waals surface area contributed by atoms with Gasteiger partial charge in [0.15, 0.2) is 0 Å². The predicted octanol–water partition coefficient (Wildman–Crippen LogP) is 2.18. The van der Waals surface area contributed by atoms with E-state index < -0.39 is 8.56 Å². The Morgan fingerprint density at radius 1 is 1.27 bits per heavy atom. The van der Waals surface area contributed by atoms with Gasteiger partial charge in [0.2, 0.25) is 0 Å². The van der Waals surface area contributed by atoms with E-state index in [2.05, 4.69) is 31.2 Å². The van der Waals surface area contributed by atoms with Gasteiger partial charge in [0.05, 0.1) is 0 Å². The van der Waals surface area contributed by atoms with Gasteiger partial charge in [0, 0.05) is 13.2 Å². The molecule has 0 radical (unpaired) electrons. The molecule has 1 aliphatic heterocycles. The zero-order valence-electron chi connectivity index (χ0n) is 9.24. The fourth-order valence-electron chi connectivity index (χ4n) is 2.12. The van der Waals surface area contributed by atoms with Crippen molar-refractivity contribution in [2.24, 2.45) is 0 Å². The van der Waals surface area contributed by atoms with Gasteiger partial charge in [-0.2, -0.15) is 0 Å². The van der Waals surface area contributed by atoms with Gasteiger partial charge in [-0.1, -0.05) is 30.3 Å². The third-order valence-corrected chi connectivity index (χ3v) is 6.48. The number of benzene rings is 1. The van der Waals surface area contributed by atoms with Crippen LogP contribution in [0.3, 0.4) is 0 Å². The molecule has 1 unspecified atom stereocenters.